The molecule has 0 spiro atoms. The molecule has 2 nitrogen and oxygen atoms in total. The van der Waals surface area contributed by atoms with E-state index in [0.29, 0.717) is 19.3 Å². The van der Waals surface area contributed by atoms with Crippen LogP contribution < -0.4 is 5.32 Å². The van der Waals surface area contributed by atoms with Crippen molar-refractivity contribution in [1.29, 1.82) is 0 Å². The zero-order valence-corrected chi connectivity index (χ0v) is 10.2. The number of nitrogens with one attached hydrogen (secondary N) is 1. The first-order chi connectivity index (χ1) is 7.72. The Kier molecular flexibility index (Phi) is 5.83. The minimum Gasteiger partial charge on any atom is -0.373 e. The summed E-state index contributed by atoms with van der Waals surface area (Å²) in [5.74, 6) is 0. The second-order valence-corrected chi connectivity index (χ2v) is 4.16. The van der Waals surface area contributed by atoms with Gasteiger partial charge >= 0.3 is 0 Å². The highest BCUT2D eigenvalue weighted by Crippen LogP contribution is 2.06. The van der Waals surface area contributed by atoms with Crippen LogP contribution in [0.3, 0.4) is 0 Å². The molecule has 1 aromatic carbocycles. The van der Waals surface area contributed by atoms with E-state index < -0.39 is 0 Å². The number of hydrogen-bond donors (Lipinski definition) is 1. The van der Waals surface area contributed by atoms with Gasteiger partial charge in [-0.2, -0.15) is 0 Å². The van der Waals surface area contributed by atoms with Crippen LogP contribution in [0.4, 0.5) is 0 Å². The molecule has 1 rings (SSSR count). The van der Waals surface area contributed by atoms with Crippen LogP contribution in [0.5, 0.6) is 0 Å². The third kappa shape index (κ3) is 5.10. The fraction of sp³-hybridized carbons (Fsp3) is 0.429. The largest absolute Gasteiger partial charge is 0.373 e. The molecule has 0 fully saturated rings. The minimum atomic E-state index is 0.524. The molecule has 0 amide bonds. The normalized spacial score (nSPS) is 10.7. The van der Waals surface area contributed by atoms with Gasteiger partial charge in [-0.1, -0.05) is 44.2 Å². The Bertz CT molecular complexity index is 303. The number of ether oxygens (including phenoxy) is 1. The van der Waals surface area contributed by atoms with E-state index in [1.807, 2.05) is 0 Å². The molecule has 0 atom stereocenters. The topological polar surface area (TPSA) is 21.3 Å². The van der Waals surface area contributed by atoms with Gasteiger partial charge in [-0.25, -0.2) is 0 Å². The summed E-state index contributed by atoms with van der Waals surface area (Å²) in [5, 5.41) is 3.39. The van der Waals surface area contributed by atoms with Gasteiger partial charge in [0.1, 0.15) is 0 Å². The lowest BCUT2D eigenvalue weighted by atomic mass is 10.1. The predicted molar refractivity (Wildman–Crippen MR) is 68.3 cm³/mol. The van der Waals surface area contributed by atoms with Crippen LogP contribution in [-0.2, 0) is 17.9 Å². The summed E-state index contributed by atoms with van der Waals surface area (Å²) in [6, 6.07) is 9.03. The Morgan fingerprint density at radius 2 is 1.88 bits per heavy atom. The molecule has 1 N–H and O–H groups in total. The average molecular weight is 219 g/mol. The summed E-state index contributed by atoms with van der Waals surface area (Å²) in [6.45, 7) is 10.1. The average Bonchev–Trinajstić information content (AvgIpc) is 2.28. The molecule has 2 heteroatoms. The van der Waals surface area contributed by atoms with E-state index in [4.69, 9.17) is 4.74 Å². The van der Waals surface area contributed by atoms with Gasteiger partial charge in [-0.3, -0.25) is 0 Å². The Morgan fingerprint density at radius 1 is 1.25 bits per heavy atom. The van der Waals surface area contributed by atoms with Crippen LogP contribution >= 0.6 is 0 Å². The van der Waals surface area contributed by atoms with Crippen molar-refractivity contribution in [3.05, 3.63) is 48.0 Å². The highest BCUT2D eigenvalue weighted by atomic mass is 16.5. The fourth-order valence-corrected chi connectivity index (χ4v) is 1.34. The highest BCUT2D eigenvalue weighted by Gasteiger charge is 1.96. The summed E-state index contributed by atoms with van der Waals surface area (Å²) in [7, 11) is 0. The summed E-state index contributed by atoms with van der Waals surface area (Å²) < 4.78 is 5.37. The molecule has 0 bridgehead atoms. The second-order valence-electron chi connectivity index (χ2n) is 4.16. The molecule has 0 aliphatic heterocycles. The van der Waals surface area contributed by atoms with E-state index >= 15 is 0 Å². The summed E-state index contributed by atoms with van der Waals surface area (Å²) in [5.41, 5.74) is 2.51. The lowest BCUT2D eigenvalue weighted by Crippen LogP contribution is -2.21. The molecule has 88 valence electrons. The SMILES string of the molecule is C=CCOCc1ccc(CNC(C)C)cc1. The van der Waals surface area contributed by atoms with Crippen LogP contribution in [0.2, 0.25) is 0 Å². The van der Waals surface area contributed by atoms with Crippen molar-refractivity contribution in [3.8, 4) is 0 Å². The van der Waals surface area contributed by atoms with Gasteiger partial charge in [0.25, 0.3) is 0 Å². The molecule has 0 aliphatic carbocycles. The van der Waals surface area contributed by atoms with E-state index in [1.54, 1.807) is 6.08 Å². The predicted octanol–water partition coefficient (Wildman–Crippen LogP) is 2.89. The van der Waals surface area contributed by atoms with Gasteiger partial charge in [-0.05, 0) is 11.1 Å². The molecular weight excluding hydrogens is 198 g/mol. The molecular formula is C14H21NO. The fourth-order valence-electron chi connectivity index (χ4n) is 1.34. The van der Waals surface area contributed by atoms with Gasteiger partial charge in [-0.15, -0.1) is 6.58 Å². The summed E-state index contributed by atoms with van der Waals surface area (Å²) in [6.07, 6.45) is 1.76. The van der Waals surface area contributed by atoms with E-state index in [9.17, 15) is 0 Å². The quantitative estimate of drug-likeness (QED) is 0.562. The Labute approximate surface area is 98.3 Å². The molecule has 0 aromatic heterocycles. The molecule has 16 heavy (non-hydrogen) atoms. The lowest BCUT2D eigenvalue weighted by molar-refractivity contribution is 0.149. The monoisotopic (exact) mass is 219 g/mol. The molecule has 1 aromatic rings. The van der Waals surface area contributed by atoms with E-state index in [2.05, 4.69) is 50.0 Å². The molecule has 0 heterocycles. The van der Waals surface area contributed by atoms with Crippen LogP contribution in [-0.4, -0.2) is 12.6 Å². The number of hydrogen-bond acceptors (Lipinski definition) is 2. The first-order valence-corrected chi connectivity index (χ1v) is 5.72. The minimum absolute atomic E-state index is 0.524. The molecule has 0 unspecified atom stereocenters. The molecule has 0 radical (unpaired) electrons. The highest BCUT2D eigenvalue weighted by molar-refractivity contribution is 5.21. The van der Waals surface area contributed by atoms with Crippen molar-refractivity contribution in [2.45, 2.75) is 33.0 Å². The van der Waals surface area contributed by atoms with Crippen molar-refractivity contribution < 1.29 is 4.74 Å². The van der Waals surface area contributed by atoms with Crippen molar-refractivity contribution in [3.63, 3.8) is 0 Å². The number of benzene rings is 1. The lowest BCUT2D eigenvalue weighted by Gasteiger charge is -2.08. The third-order valence-electron chi connectivity index (χ3n) is 2.24. The first-order valence-electron chi connectivity index (χ1n) is 5.72. The van der Waals surface area contributed by atoms with E-state index in [-0.39, 0.29) is 0 Å². The van der Waals surface area contributed by atoms with Crippen molar-refractivity contribution in [2.24, 2.45) is 0 Å². The molecule has 0 saturated carbocycles. The van der Waals surface area contributed by atoms with E-state index in [0.717, 1.165) is 6.54 Å². The molecule has 0 aliphatic rings. The van der Waals surface area contributed by atoms with Crippen LogP contribution in [0.15, 0.2) is 36.9 Å². The maximum Gasteiger partial charge on any atom is 0.0721 e. The smallest absolute Gasteiger partial charge is 0.0721 e. The van der Waals surface area contributed by atoms with Gasteiger partial charge in [0, 0.05) is 12.6 Å². The van der Waals surface area contributed by atoms with Crippen LogP contribution in [0.1, 0.15) is 25.0 Å². The van der Waals surface area contributed by atoms with E-state index in [1.165, 1.54) is 11.1 Å². The summed E-state index contributed by atoms with van der Waals surface area (Å²) >= 11 is 0. The Morgan fingerprint density at radius 3 is 2.44 bits per heavy atom. The third-order valence-corrected chi connectivity index (χ3v) is 2.24. The summed E-state index contributed by atoms with van der Waals surface area (Å²) in [4.78, 5) is 0. The van der Waals surface area contributed by atoms with Crippen LogP contribution in [0.25, 0.3) is 0 Å². The first kappa shape index (κ1) is 12.9. The standard InChI is InChI=1S/C14H21NO/c1-4-9-16-11-14-7-5-13(6-8-14)10-15-12(2)3/h4-8,12,15H,1,9-11H2,2-3H3. The second kappa shape index (κ2) is 7.20. The van der Waals surface area contributed by atoms with Gasteiger partial charge < -0.3 is 10.1 Å². The zero-order chi connectivity index (χ0) is 11.8. The Balaban J connectivity index is 2.38. The van der Waals surface area contributed by atoms with Gasteiger partial charge in [0.15, 0.2) is 0 Å². The number of rotatable bonds is 7. The Hall–Kier alpha value is -1.12. The van der Waals surface area contributed by atoms with Gasteiger partial charge in [0.2, 0.25) is 0 Å². The molecule has 0 saturated heterocycles. The van der Waals surface area contributed by atoms with Crippen molar-refractivity contribution >= 4 is 0 Å². The van der Waals surface area contributed by atoms with Crippen molar-refractivity contribution in [1.82, 2.24) is 5.32 Å². The van der Waals surface area contributed by atoms with Crippen molar-refractivity contribution in [2.75, 3.05) is 6.61 Å². The van der Waals surface area contributed by atoms with Gasteiger partial charge in [0.05, 0.1) is 13.2 Å². The maximum atomic E-state index is 5.37. The van der Waals surface area contributed by atoms with Crippen LogP contribution in [0, 0.1) is 0 Å². The maximum absolute atomic E-state index is 5.37. The zero-order valence-electron chi connectivity index (χ0n) is 10.2.